The number of amides is 3. The molecule has 1 N–H and O–H groups in total. The van der Waals surface area contributed by atoms with Crippen molar-refractivity contribution in [3.8, 4) is 11.5 Å². The number of carbonyl (C=O) groups excluding carboxylic acids is 3. The molecule has 1 fully saturated rings. The average molecular weight is 431 g/mol. The molecule has 3 rings (SSSR count). The quantitative estimate of drug-likeness (QED) is 0.649. The van der Waals surface area contributed by atoms with Crippen molar-refractivity contribution in [3.05, 3.63) is 58.1 Å². The van der Waals surface area contributed by atoms with Gasteiger partial charge in [-0.2, -0.15) is 0 Å². The van der Waals surface area contributed by atoms with E-state index < -0.39 is 0 Å². The first-order chi connectivity index (χ1) is 14.4. The summed E-state index contributed by atoms with van der Waals surface area (Å²) in [5, 5.41) is 3.25. The Balaban J connectivity index is 1.62. The fourth-order valence-electron chi connectivity index (χ4n) is 3.19. The van der Waals surface area contributed by atoms with Crippen LogP contribution >= 0.6 is 11.6 Å². The van der Waals surface area contributed by atoms with Gasteiger partial charge in [-0.05, 0) is 42.3 Å². The van der Waals surface area contributed by atoms with E-state index in [0.29, 0.717) is 28.7 Å². The monoisotopic (exact) mass is 430 g/mol. The smallest absolute Gasteiger partial charge is 0.251 e. The molecule has 1 aliphatic rings. The van der Waals surface area contributed by atoms with Crippen molar-refractivity contribution >= 4 is 29.3 Å². The third kappa shape index (κ3) is 4.91. The van der Waals surface area contributed by atoms with Crippen molar-refractivity contribution in [2.24, 2.45) is 0 Å². The van der Waals surface area contributed by atoms with Crippen LogP contribution < -0.4 is 14.8 Å². The van der Waals surface area contributed by atoms with Gasteiger partial charge in [0.1, 0.15) is 0 Å². The molecular formula is C22H23ClN2O5. The Hall–Kier alpha value is -3.06. The van der Waals surface area contributed by atoms with E-state index in [9.17, 15) is 14.4 Å². The van der Waals surface area contributed by atoms with Crippen LogP contribution in [0.2, 0.25) is 5.02 Å². The molecule has 0 bridgehead atoms. The van der Waals surface area contributed by atoms with Crippen LogP contribution in [-0.2, 0) is 22.7 Å². The normalized spacial score (nSPS) is 13.5. The molecule has 0 unspecified atom stereocenters. The summed E-state index contributed by atoms with van der Waals surface area (Å²) in [5.41, 5.74) is 2.04. The lowest BCUT2D eigenvalue weighted by molar-refractivity contribution is -0.139. The first kappa shape index (κ1) is 21.6. The Morgan fingerprint density at radius 3 is 2.37 bits per heavy atom. The number of nitrogens with one attached hydrogen (secondary N) is 1. The molecule has 1 aliphatic heterocycles. The summed E-state index contributed by atoms with van der Waals surface area (Å²) >= 11 is 6.26. The Labute approximate surface area is 179 Å². The Morgan fingerprint density at radius 2 is 1.77 bits per heavy atom. The number of likely N-dealkylation sites (tertiary alicyclic amines) is 1. The topological polar surface area (TPSA) is 84.9 Å². The molecule has 1 heterocycles. The van der Waals surface area contributed by atoms with E-state index in [0.717, 1.165) is 11.1 Å². The summed E-state index contributed by atoms with van der Waals surface area (Å²) < 4.78 is 10.8. The van der Waals surface area contributed by atoms with Gasteiger partial charge in [0, 0.05) is 24.9 Å². The second kappa shape index (κ2) is 9.63. The summed E-state index contributed by atoms with van der Waals surface area (Å²) in [5.74, 6) is 0.405. The predicted octanol–water partition coefficient (Wildman–Crippen LogP) is 3.33. The minimum absolute atomic E-state index is 0.161. The lowest BCUT2D eigenvalue weighted by atomic mass is 10.1. The molecule has 2 aromatic rings. The van der Waals surface area contributed by atoms with Gasteiger partial charge in [-0.15, -0.1) is 0 Å². The summed E-state index contributed by atoms with van der Waals surface area (Å²) in [4.78, 5) is 37.2. The molecule has 158 valence electrons. The molecule has 0 aliphatic carbocycles. The van der Waals surface area contributed by atoms with E-state index in [4.69, 9.17) is 21.1 Å². The van der Waals surface area contributed by atoms with Crippen molar-refractivity contribution in [1.82, 2.24) is 10.2 Å². The van der Waals surface area contributed by atoms with E-state index in [-0.39, 0.29) is 43.7 Å². The van der Waals surface area contributed by atoms with Crippen molar-refractivity contribution in [2.75, 3.05) is 13.7 Å². The fraction of sp³-hybridized carbons (Fsp3) is 0.318. The van der Waals surface area contributed by atoms with E-state index in [1.165, 1.54) is 12.0 Å². The molecule has 3 amide bonds. The highest BCUT2D eigenvalue weighted by Gasteiger charge is 2.28. The maximum absolute atomic E-state index is 12.5. The van der Waals surface area contributed by atoms with E-state index in [2.05, 4.69) is 5.32 Å². The van der Waals surface area contributed by atoms with Crippen LogP contribution in [0.5, 0.6) is 11.5 Å². The molecule has 0 radical (unpaired) electrons. The molecule has 0 spiro atoms. The lowest BCUT2D eigenvalue weighted by Gasteiger charge is -2.14. The van der Waals surface area contributed by atoms with Crippen LogP contribution in [0.3, 0.4) is 0 Å². The predicted molar refractivity (Wildman–Crippen MR) is 112 cm³/mol. The van der Waals surface area contributed by atoms with Gasteiger partial charge in [0.05, 0.1) is 25.3 Å². The standard InChI is InChI=1S/C22H23ClN2O5/c1-3-30-21-17(23)10-15(11-18(21)29-2)12-24-22(28)16-6-4-14(5-7-16)13-25-19(26)8-9-20(25)27/h4-7,10-11H,3,8-9,12-13H2,1-2H3,(H,24,28). The van der Waals surface area contributed by atoms with Gasteiger partial charge >= 0.3 is 0 Å². The summed E-state index contributed by atoms with van der Waals surface area (Å²) in [6.07, 6.45) is 0.527. The Kier molecular flexibility index (Phi) is 6.95. The Morgan fingerprint density at radius 1 is 1.10 bits per heavy atom. The minimum Gasteiger partial charge on any atom is -0.493 e. The highest BCUT2D eigenvalue weighted by Crippen LogP contribution is 2.36. The average Bonchev–Trinajstić information content (AvgIpc) is 3.06. The number of rotatable bonds is 8. The highest BCUT2D eigenvalue weighted by molar-refractivity contribution is 6.32. The van der Waals surface area contributed by atoms with Gasteiger partial charge in [0.15, 0.2) is 11.5 Å². The summed E-state index contributed by atoms with van der Waals surface area (Å²) in [7, 11) is 1.53. The Bertz CT molecular complexity index is 943. The summed E-state index contributed by atoms with van der Waals surface area (Å²) in [6, 6.07) is 10.3. The van der Waals surface area contributed by atoms with Crippen molar-refractivity contribution in [3.63, 3.8) is 0 Å². The SMILES string of the molecule is CCOc1c(Cl)cc(CNC(=O)c2ccc(CN3C(=O)CCC3=O)cc2)cc1OC. The first-order valence-corrected chi connectivity index (χ1v) is 10.00. The molecule has 30 heavy (non-hydrogen) atoms. The van der Waals surface area contributed by atoms with E-state index in [1.807, 2.05) is 6.92 Å². The van der Waals surface area contributed by atoms with Crippen LogP contribution in [0.15, 0.2) is 36.4 Å². The zero-order valence-electron chi connectivity index (χ0n) is 16.9. The number of methoxy groups -OCH3 is 1. The van der Waals surface area contributed by atoms with Crippen molar-refractivity contribution < 1.29 is 23.9 Å². The number of nitrogens with zero attached hydrogens (tertiary/aromatic N) is 1. The number of hydrogen-bond acceptors (Lipinski definition) is 5. The third-order valence-electron chi connectivity index (χ3n) is 4.74. The zero-order chi connectivity index (χ0) is 21.7. The van der Waals surface area contributed by atoms with Gasteiger partial charge in [0.2, 0.25) is 11.8 Å². The van der Waals surface area contributed by atoms with Crippen LogP contribution in [0.4, 0.5) is 0 Å². The van der Waals surface area contributed by atoms with Gasteiger partial charge in [-0.1, -0.05) is 23.7 Å². The van der Waals surface area contributed by atoms with Crippen molar-refractivity contribution in [2.45, 2.75) is 32.9 Å². The van der Waals surface area contributed by atoms with Crippen LogP contribution in [0.1, 0.15) is 41.3 Å². The van der Waals surface area contributed by atoms with Gasteiger partial charge in [-0.25, -0.2) is 0 Å². The number of ether oxygens (including phenoxy) is 2. The van der Waals surface area contributed by atoms with E-state index in [1.54, 1.807) is 36.4 Å². The third-order valence-corrected chi connectivity index (χ3v) is 5.02. The molecule has 0 atom stereocenters. The molecule has 0 saturated carbocycles. The number of hydrogen-bond donors (Lipinski definition) is 1. The second-order valence-electron chi connectivity index (χ2n) is 6.80. The first-order valence-electron chi connectivity index (χ1n) is 9.62. The lowest BCUT2D eigenvalue weighted by Crippen LogP contribution is -2.28. The van der Waals surface area contributed by atoms with Crippen molar-refractivity contribution in [1.29, 1.82) is 0 Å². The number of benzene rings is 2. The highest BCUT2D eigenvalue weighted by atomic mass is 35.5. The molecule has 8 heteroatoms. The van der Waals surface area contributed by atoms with Gasteiger partial charge in [-0.3, -0.25) is 19.3 Å². The molecule has 0 aromatic heterocycles. The maximum Gasteiger partial charge on any atom is 0.251 e. The van der Waals surface area contributed by atoms with Crippen LogP contribution in [0.25, 0.3) is 0 Å². The van der Waals surface area contributed by atoms with E-state index >= 15 is 0 Å². The number of imide groups is 1. The van der Waals surface area contributed by atoms with Gasteiger partial charge < -0.3 is 14.8 Å². The maximum atomic E-state index is 12.5. The van der Waals surface area contributed by atoms with Crippen LogP contribution in [0, 0.1) is 0 Å². The van der Waals surface area contributed by atoms with Crippen LogP contribution in [-0.4, -0.2) is 36.3 Å². The van der Waals surface area contributed by atoms with Gasteiger partial charge in [0.25, 0.3) is 5.91 Å². The minimum atomic E-state index is -0.251. The molecule has 2 aromatic carbocycles. The zero-order valence-corrected chi connectivity index (χ0v) is 17.6. The molecule has 7 nitrogen and oxygen atoms in total. The summed E-state index contributed by atoms with van der Waals surface area (Å²) in [6.45, 7) is 2.81. The second-order valence-corrected chi connectivity index (χ2v) is 7.20. The largest absolute Gasteiger partial charge is 0.493 e. The number of halogens is 1. The number of carbonyl (C=O) groups is 3. The molecular weight excluding hydrogens is 408 g/mol. The fourth-order valence-corrected chi connectivity index (χ4v) is 3.48. The molecule has 1 saturated heterocycles.